The molecule has 11 N–H and O–H groups in total. The quantitative estimate of drug-likeness (QED) is 0.114. The number of aromatic nitrogens is 2. The number of carboxylic acid groups (broad SMARTS) is 2. The number of rotatable bonds is 15. The van der Waals surface area contributed by atoms with Crippen molar-refractivity contribution >= 4 is 35.6 Å². The van der Waals surface area contributed by atoms with Gasteiger partial charge in [0.05, 0.1) is 25.4 Å². The molecular weight excluding hydrogens is 458 g/mol. The zero-order chi connectivity index (χ0) is 25.8. The number of H-pyrrole nitrogens is 1. The van der Waals surface area contributed by atoms with E-state index in [4.69, 9.17) is 26.8 Å². The number of aromatic amines is 1. The van der Waals surface area contributed by atoms with Gasteiger partial charge >= 0.3 is 11.9 Å². The highest BCUT2D eigenvalue weighted by Crippen LogP contribution is 2.03. The van der Waals surface area contributed by atoms with Gasteiger partial charge in [0.25, 0.3) is 0 Å². The lowest BCUT2D eigenvalue weighted by molar-refractivity contribution is -0.144. The maximum Gasteiger partial charge on any atom is 0.328 e. The first-order chi connectivity index (χ1) is 15.9. The number of aliphatic hydroxyl groups is 1. The van der Waals surface area contributed by atoms with Crippen LogP contribution in [0, 0.1) is 0 Å². The lowest BCUT2D eigenvalue weighted by Gasteiger charge is -2.24. The van der Waals surface area contributed by atoms with E-state index in [1.807, 2.05) is 5.32 Å². The number of aliphatic hydroxyl groups excluding tert-OH is 1. The molecule has 0 aliphatic heterocycles. The summed E-state index contributed by atoms with van der Waals surface area (Å²) in [5.74, 6) is -6.84. The van der Waals surface area contributed by atoms with Crippen molar-refractivity contribution in [2.45, 2.75) is 49.9 Å². The average Bonchev–Trinajstić information content (AvgIpc) is 3.26. The van der Waals surface area contributed by atoms with Crippen molar-refractivity contribution in [2.24, 2.45) is 11.5 Å². The molecule has 4 atom stereocenters. The van der Waals surface area contributed by atoms with E-state index < -0.39 is 85.6 Å². The van der Waals surface area contributed by atoms with E-state index in [1.165, 1.54) is 12.5 Å². The van der Waals surface area contributed by atoms with E-state index >= 15 is 0 Å². The summed E-state index contributed by atoms with van der Waals surface area (Å²) in [4.78, 5) is 77.4. The number of hydrogen-bond acceptors (Lipinski definition) is 9. The molecular formula is C18H27N7O9. The van der Waals surface area contributed by atoms with Crippen LogP contribution in [0.5, 0.6) is 0 Å². The van der Waals surface area contributed by atoms with Gasteiger partial charge in [-0.05, 0) is 6.42 Å². The second-order valence-corrected chi connectivity index (χ2v) is 7.19. The Kier molecular flexibility index (Phi) is 11.1. The minimum absolute atomic E-state index is 0.0259. The van der Waals surface area contributed by atoms with Crippen molar-refractivity contribution in [3.05, 3.63) is 18.2 Å². The minimum atomic E-state index is -1.71. The molecule has 16 heteroatoms. The van der Waals surface area contributed by atoms with Gasteiger partial charge in [-0.15, -0.1) is 0 Å². The van der Waals surface area contributed by atoms with Crippen LogP contribution < -0.4 is 27.4 Å². The second-order valence-electron chi connectivity index (χ2n) is 7.19. The number of nitrogens with one attached hydrogen (secondary N) is 4. The third kappa shape index (κ3) is 9.61. The van der Waals surface area contributed by atoms with Crippen molar-refractivity contribution in [3.63, 3.8) is 0 Å². The highest BCUT2D eigenvalue weighted by Gasteiger charge is 2.31. The molecule has 4 unspecified atom stereocenters. The minimum Gasteiger partial charge on any atom is -0.481 e. The number of carboxylic acids is 2. The Hall–Kier alpha value is -4.05. The smallest absolute Gasteiger partial charge is 0.328 e. The topological polar surface area (TPSA) is 280 Å². The first kappa shape index (κ1) is 28.0. The molecule has 0 spiro atoms. The molecule has 0 aromatic carbocycles. The fourth-order valence-electron chi connectivity index (χ4n) is 2.68. The largest absolute Gasteiger partial charge is 0.481 e. The van der Waals surface area contributed by atoms with Gasteiger partial charge in [0.2, 0.25) is 23.6 Å². The molecule has 0 aliphatic rings. The number of nitrogens with zero attached hydrogens (tertiary/aromatic N) is 1. The fourth-order valence-corrected chi connectivity index (χ4v) is 2.68. The standard InChI is InChI=1S/C18H27N7O9/c19-9(3-8-5-21-7-22-8)15(30)24-11(4-13(20)27)17(32)23-10(1-2-14(28)29)16(31)25-12(6-26)18(33)34/h5,7,9-12,26H,1-4,6,19H2,(H2,20,27)(H,21,22)(H,23,32)(H,24,30)(H,25,31)(H,28,29)(H,33,34). The third-order valence-corrected chi connectivity index (χ3v) is 4.45. The molecule has 1 aromatic heterocycles. The van der Waals surface area contributed by atoms with Crippen molar-refractivity contribution in [3.8, 4) is 0 Å². The number of carbonyl (C=O) groups excluding carboxylic acids is 4. The Labute approximate surface area is 192 Å². The predicted molar refractivity (Wildman–Crippen MR) is 111 cm³/mol. The molecule has 0 saturated carbocycles. The van der Waals surface area contributed by atoms with Gasteiger partial charge in [-0.2, -0.15) is 0 Å². The van der Waals surface area contributed by atoms with E-state index in [9.17, 15) is 28.8 Å². The second kappa shape index (κ2) is 13.5. The van der Waals surface area contributed by atoms with E-state index in [0.29, 0.717) is 5.69 Å². The SMILES string of the molecule is NC(=O)CC(NC(=O)C(N)Cc1cnc[nH]1)C(=O)NC(CCC(=O)O)C(=O)NC(CO)C(=O)O. The first-order valence-electron chi connectivity index (χ1n) is 9.92. The van der Waals surface area contributed by atoms with E-state index in [-0.39, 0.29) is 6.42 Å². The summed E-state index contributed by atoms with van der Waals surface area (Å²) in [6.45, 7) is -0.963. The average molecular weight is 485 g/mol. The number of primary amides is 1. The van der Waals surface area contributed by atoms with Crippen LogP contribution in [-0.4, -0.2) is 91.6 Å². The van der Waals surface area contributed by atoms with Crippen LogP contribution in [0.3, 0.4) is 0 Å². The number of hydrogen-bond donors (Lipinski definition) is 9. The molecule has 1 rings (SSSR count). The molecule has 188 valence electrons. The zero-order valence-electron chi connectivity index (χ0n) is 17.9. The van der Waals surface area contributed by atoms with Crippen LogP contribution in [0.15, 0.2) is 12.5 Å². The molecule has 0 aliphatic carbocycles. The number of imidazole rings is 1. The Balaban J connectivity index is 2.95. The number of aliphatic carboxylic acids is 2. The van der Waals surface area contributed by atoms with Crippen LogP contribution in [0.1, 0.15) is 25.0 Å². The maximum atomic E-state index is 12.7. The molecule has 1 aromatic rings. The highest BCUT2D eigenvalue weighted by atomic mass is 16.4. The van der Waals surface area contributed by atoms with Crippen molar-refractivity contribution < 1.29 is 44.1 Å². The normalized spacial score (nSPS) is 14.2. The van der Waals surface area contributed by atoms with Gasteiger partial charge in [-0.3, -0.25) is 24.0 Å². The van der Waals surface area contributed by atoms with Crippen LogP contribution in [0.2, 0.25) is 0 Å². The molecule has 16 nitrogen and oxygen atoms in total. The van der Waals surface area contributed by atoms with E-state index in [2.05, 4.69) is 20.6 Å². The van der Waals surface area contributed by atoms with Crippen molar-refractivity contribution in [1.82, 2.24) is 25.9 Å². The number of carbonyl (C=O) groups is 6. The lowest BCUT2D eigenvalue weighted by Crippen LogP contribution is -2.58. The van der Waals surface area contributed by atoms with Gasteiger partial charge in [0.15, 0.2) is 0 Å². The van der Waals surface area contributed by atoms with Gasteiger partial charge in [0.1, 0.15) is 18.1 Å². The molecule has 0 fully saturated rings. The molecule has 0 radical (unpaired) electrons. The summed E-state index contributed by atoms with van der Waals surface area (Å²) in [5.41, 5.74) is 11.5. The van der Waals surface area contributed by atoms with Gasteiger partial charge < -0.3 is 47.7 Å². The van der Waals surface area contributed by atoms with Gasteiger partial charge in [0, 0.05) is 24.7 Å². The Morgan fingerprint density at radius 2 is 1.56 bits per heavy atom. The monoisotopic (exact) mass is 485 g/mol. The third-order valence-electron chi connectivity index (χ3n) is 4.45. The fraction of sp³-hybridized carbons (Fsp3) is 0.500. The van der Waals surface area contributed by atoms with Crippen molar-refractivity contribution in [2.75, 3.05) is 6.61 Å². The van der Waals surface area contributed by atoms with E-state index in [1.54, 1.807) is 0 Å². The molecule has 34 heavy (non-hydrogen) atoms. The van der Waals surface area contributed by atoms with Gasteiger partial charge in [-0.25, -0.2) is 9.78 Å². The van der Waals surface area contributed by atoms with Crippen LogP contribution >= 0.6 is 0 Å². The molecule has 0 saturated heterocycles. The number of nitrogens with two attached hydrogens (primary N) is 2. The maximum absolute atomic E-state index is 12.7. The summed E-state index contributed by atoms with van der Waals surface area (Å²) in [7, 11) is 0. The summed E-state index contributed by atoms with van der Waals surface area (Å²) in [6.07, 6.45) is 1.12. The van der Waals surface area contributed by atoms with Crippen LogP contribution in [-0.2, 0) is 35.2 Å². The zero-order valence-corrected chi connectivity index (χ0v) is 17.9. The lowest BCUT2D eigenvalue weighted by atomic mass is 10.1. The highest BCUT2D eigenvalue weighted by molar-refractivity contribution is 5.96. The molecule has 4 amide bonds. The number of amides is 4. The molecule has 0 bridgehead atoms. The molecule has 1 heterocycles. The Morgan fingerprint density at radius 3 is 2.06 bits per heavy atom. The first-order valence-corrected chi connectivity index (χ1v) is 9.92. The van der Waals surface area contributed by atoms with E-state index in [0.717, 1.165) is 0 Å². The Morgan fingerprint density at radius 1 is 0.971 bits per heavy atom. The van der Waals surface area contributed by atoms with Crippen molar-refractivity contribution in [1.29, 1.82) is 0 Å². The summed E-state index contributed by atoms with van der Waals surface area (Å²) in [6, 6.07) is -5.98. The predicted octanol–water partition coefficient (Wildman–Crippen LogP) is -4.45. The summed E-state index contributed by atoms with van der Waals surface area (Å²) in [5, 5.41) is 33.3. The Bertz CT molecular complexity index is 890. The van der Waals surface area contributed by atoms with Crippen LogP contribution in [0.25, 0.3) is 0 Å². The summed E-state index contributed by atoms with van der Waals surface area (Å²) < 4.78 is 0. The van der Waals surface area contributed by atoms with Gasteiger partial charge in [-0.1, -0.05) is 0 Å². The summed E-state index contributed by atoms with van der Waals surface area (Å²) >= 11 is 0. The van der Waals surface area contributed by atoms with Crippen LogP contribution in [0.4, 0.5) is 0 Å².